The minimum absolute atomic E-state index is 0. The summed E-state index contributed by atoms with van der Waals surface area (Å²) in [4.78, 5) is 0. The van der Waals surface area contributed by atoms with Gasteiger partial charge in [0.05, 0.1) is 12.2 Å². The van der Waals surface area contributed by atoms with Gasteiger partial charge in [0.1, 0.15) is 11.5 Å². The van der Waals surface area contributed by atoms with Gasteiger partial charge in [0, 0.05) is 11.1 Å². The second-order valence-electron chi connectivity index (χ2n) is 10.8. The van der Waals surface area contributed by atoms with Gasteiger partial charge in [-0.3, -0.25) is 0 Å². The van der Waals surface area contributed by atoms with Crippen molar-refractivity contribution in [3.8, 4) is 11.5 Å². The molecule has 0 amide bonds. The molecule has 13 heteroatoms. The number of fused-ring (bicyclic) bond motifs is 4. The first-order chi connectivity index (χ1) is 15.0. The second kappa shape index (κ2) is 10.6. The maximum absolute atomic E-state index is 11.4. The van der Waals surface area contributed by atoms with E-state index < -0.39 is 26.4 Å². The first-order valence-electron chi connectivity index (χ1n) is 11.1. The standard InChI is InChI=1S/C22H32O9S2.2Na/c1-20(2)9-5-10-21(3)18(20)8-11-22(4)19(21)12-14-15(13-29-22)17(31-33(26,27)28)7-6-16(14)30-32(23,24)25;;/h6-7,18-19H,5,8-13H2,1-4H3,(H,23,24,25)(H,26,27,28);;/q;2*+1/p-2/t18-,19+,21-,22+;;/m0../s1. The van der Waals surface area contributed by atoms with Crippen LogP contribution < -0.4 is 67.5 Å². The molecule has 186 valence electrons. The minimum atomic E-state index is -5.08. The molecule has 2 saturated carbocycles. The van der Waals surface area contributed by atoms with E-state index in [4.69, 9.17) is 8.92 Å². The molecule has 0 N–H and O–H groups in total. The van der Waals surface area contributed by atoms with Crippen molar-refractivity contribution < 1.29 is 98.2 Å². The average molecular weight is 549 g/mol. The van der Waals surface area contributed by atoms with Gasteiger partial charge in [-0.15, -0.1) is 0 Å². The number of hydrogen-bond donors (Lipinski definition) is 0. The van der Waals surface area contributed by atoms with E-state index in [2.05, 4.69) is 25.0 Å². The van der Waals surface area contributed by atoms with Crippen LogP contribution in [0.3, 0.4) is 0 Å². The van der Waals surface area contributed by atoms with E-state index in [1.54, 1.807) is 0 Å². The molecule has 3 aliphatic rings. The van der Waals surface area contributed by atoms with Gasteiger partial charge in [-0.05, 0) is 73.8 Å². The van der Waals surface area contributed by atoms with Gasteiger partial charge in [0.2, 0.25) is 0 Å². The Balaban J connectivity index is 0.00000216. The van der Waals surface area contributed by atoms with Crippen molar-refractivity contribution in [2.45, 2.75) is 78.4 Å². The third kappa shape index (κ3) is 6.43. The summed E-state index contributed by atoms with van der Waals surface area (Å²) < 4.78 is 84.0. The average Bonchev–Trinajstić information content (AvgIpc) is 2.79. The van der Waals surface area contributed by atoms with Gasteiger partial charge in [-0.1, -0.05) is 27.2 Å². The zero-order valence-corrected chi connectivity index (χ0v) is 26.9. The molecule has 0 spiro atoms. The predicted octanol–water partition coefficient (Wildman–Crippen LogP) is -2.55. The van der Waals surface area contributed by atoms with E-state index in [1.165, 1.54) is 0 Å². The molecule has 2 fully saturated rings. The smallest absolute Gasteiger partial charge is 0.716 e. The topological polar surface area (TPSA) is 142 Å². The molecule has 0 radical (unpaired) electrons. The van der Waals surface area contributed by atoms with Crippen molar-refractivity contribution in [3.05, 3.63) is 23.3 Å². The quantitative estimate of drug-likeness (QED) is 0.226. The van der Waals surface area contributed by atoms with E-state index in [0.717, 1.165) is 44.2 Å². The van der Waals surface area contributed by atoms with Crippen LogP contribution in [0.5, 0.6) is 11.5 Å². The summed E-state index contributed by atoms with van der Waals surface area (Å²) in [5.41, 5.74) is -0.0384. The second-order valence-corrected chi connectivity index (χ2v) is 12.8. The summed E-state index contributed by atoms with van der Waals surface area (Å²) >= 11 is 0. The molecule has 4 atom stereocenters. The Bertz CT molecular complexity index is 1170. The van der Waals surface area contributed by atoms with Crippen LogP contribution in [0.4, 0.5) is 0 Å². The SMILES string of the molecule is CC1(C)CCC[C@]2(C)[C@H]3Cc4c(OS(=O)(=O)[O-])ccc(OS(=O)(=O)[O-])c4CO[C@]3(C)CC[C@@H]12.[Na+].[Na+]. The first-order valence-corrected chi connectivity index (χ1v) is 13.8. The van der Waals surface area contributed by atoms with Gasteiger partial charge < -0.3 is 22.2 Å². The fourth-order valence-electron chi connectivity index (χ4n) is 7.08. The van der Waals surface area contributed by atoms with Gasteiger partial charge in [-0.25, -0.2) is 16.8 Å². The normalized spacial score (nSPS) is 31.8. The van der Waals surface area contributed by atoms with Crippen LogP contribution in [-0.4, -0.2) is 31.5 Å². The molecule has 1 aromatic carbocycles. The van der Waals surface area contributed by atoms with E-state index in [-0.39, 0.29) is 99.5 Å². The van der Waals surface area contributed by atoms with Gasteiger partial charge in [0.25, 0.3) is 20.8 Å². The number of benzene rings is 1. The third-order valence-electron chi connectivity index (χ3n) is 8.42. The summed E-state index contributed by atoms with van der Waals surface area (Å²) in [7, 11) is -10.2. The van der Waals surface area contributed by atoms with Crippen molar-refractivity contribution in [3.63, 3.8) is 0 Å². The fraction of sp³-hybridized carbons (Fsp3) is 0.727. The van der Waals surface area contributed by atoms with Crippen LogP contribution in [0.1, 0.15) is 70.9 Å². The number of hydrogen-bond acceptors (Lipinski definition) is 9. The van der Waals surface area contributed by atoms with Gasteiger partial charge in [-0.2, -0.15) is 0 Å². The van der Waals surface area contributed by atoms with Crippen LogP contribution in [0.15, 0.2) is 12.1 Å². The molecular formula is C22H30Na2O9S2. The van der Waals surface area contributed by atoms with Crippen LogP contribution in [-0.2, 0) is 38.6 Å². The number of ether oxygens (including phenoxy) is 1. The van der Waals surface area contributed by atoms with Crippen LogP contribution >= 0.6 is 0 Å². The summed E-state index contributed by atoms with van der Waals surface area (Å²) in [5, 5.41) is 0. The molecule has 0 bridgehead atoms. The predicted molar refractivity (Wildman–Crippen MR) is 116 cm³/mol. The monoisotopic (exact) mass is 548 g/mol. The van der Waals surface area contributed by atoms with Crippen molar-refractivity contribution in [1.29, 1.82) is 0 Å². The van der Waals surface area contributed by atoms with E-state index in [0.29, 0.717) is 17.9 Å². The molecule has 0 unspecified atom stereocenters. The Morgan fingerprint density at radius 2 is 1.40 bits per heavy atom. The van der Waals surface area contributed by atoms with Crippen LogP contribution in [0.2, 0.25) is 0 Å². The Kier molecular flexibility index (Phi) is 9.67. The van der Waals surface area contributed by atoms with Crippen molar-refractivity contribution >= 4 is 20.8 Å². The minimum Gasteiger partial charge on any atom is -0.716 e. The Morgan fingerprint density at radius 3 is 1.94 bits per heavy atom. The molecule has 4 rings (SSSR count). The van der Waals surface area contributed by atoms with Crippen LogP contribution in [0, 0.1) is 22.7 Å². The summed E-state index contributed by atoms with van der Waals surface area (Å²) in [5.74, 6) is -0.0794. The third-order valence-corrected chi connectivity index (χ3v) is 9.19. The molecule has 2 aliphatic carbocycles. The zero-order chi connectivity index (χ0) is 24.4. The Morgan fingerprint density at radius 1 is 0.857 bits per heavy atom. The molecule has 0 aromatic heterocycles. The van der Waals surface area contributed by atoms with Crippen LogP contribution in [0.25, 0.3) is 0 Å². The molecule has 35 heavy (non-hydrogen) atoms. The van der Waals surface area contributed by atoms with Crippen molar-refractivity contribution in [1.82, 2.24) is 0 Å². The first kappa shape index (κ1) is 31.8. The van der Waals surface area contributed by atoms with Crippen molar-refractivity contribution in [2.24, 2.45) is 22.7 Å². The maximum Gasteiger partial charge on any atom is 1.00 e. The number of rotatable bonds is 4. The summed E-state index contributed by atoms with van der Waals surface area (Å²) in [6.07, 6.45) is 5.20. The Labute approximate surface area is 252 Å². The molecular weight excluding hydrogens is 518 g/mol. The molecule has 0 saturated heterocycles. The largest absolute Gasteiger partial charge is 1.00 e. The fourth-order valence-corrected chi connectivity index (χ4v) is 7.83. The molecule has 9 nitrogen and oxygen atoms in total. The summed E-state index contributed by atoms with van der Waals surface area (Å²) in [6.45, 7) is 8.75. The van der Waals surface area contributed by atoms with Gasteiger partial charge in [0.15, 0.2) is 0 Å². The van der Waals surface area contributed by atoms with Gasteiger partial charge >= 0.3 is 59.1 Å². The van der Waals surface area contributed by atoms with E-state index in [1.807, 2.05) is 6.92 Å². The molecule has 1 aromatic rings. The van der Waals surface area contributed by atoms with Crippen molar-refractivity contribution in [2.75, 3.05) is 0 Å². The molecule has 1 aliphatic heterocycles. The maximum atomic E-state index is 11.4. The zero-order valence-electron chi connectivity index (χ0n) is 21.2. The van der Waals surface area contributed by atoms with E-state index in [9.17, 15) is 25.9 Å². The van der Waals surface area contributed by atoms with E-state index >= 15 is 0 Å². The summed E-state index contributed by atoms with van der Waals surface area (Å²) in [6, 6.07) is 2.27. The molecule has 1 heterocycles. The Hall–Kier alpha value is 0.600.